The van der Waals surface area contributed by atoms with Gasteiger partial charge in [0.15, 0.2) is 5.82 Å². The second-order valence-electron chi connectivity index (χ2n) is 7.16. The van der Waals surface area contributed by atoms with Crippen LogP contribution in [0.1, 0.15) is 19.3 Å². The molecule has 5 rings (SSSR count). The molecule has 0 amide bonds. The van der Waals surface area contributed by atoms with Crippen LogP contribution in [0.3, 0.4) is 0 Å². The Hall–Kier alpha value is -2.02. The molecule has 4 heterocycles. The molecule has 0 radical (unpaired) electrons. The number of para-hydroxylation sites is 1. The van der Waals surface area contributed by atoms with Crippen LogP contribution in [0.4, 0.5) is 5.82 Å². The lowest BCUT2D eigenvalue weighted by Crippen LogP contribution is -2.43. The van der Waals surface area contributed by atoms with Crippen molar-refractivity contribution in [2.75, 3.05) is 24.5 Å². The summed E-state index contributed by atoms with van der Waals surface area (Å²) < 4.78 is 0. The first-order chi connectivity index (χ1) is 12.9. The van der Waals surface area contributed by atoms with E-state index in [-0.39, 0.29) is 0 Å². The van der Waals surface area contributed by atoms with Crippen molar-refractivity contribution in [3.05, 3.63) is 41.8 Å². The highest BCUT2D eigenvalue weighted by molar-refractivity contribution is 7.13. The van der Waals surface area contributed by atoms with Gasteiger partial charge < -0.3 is 4.90 Å². The predicted molar refractivity (Wildman–Crippen MR) is 107 cm³/mol. The lowest BCUT2D eigenvalue weighted by Gasteiger charge is -2.35. The molecule has 26 heavy (non-hydrogen) atoms. The number of nitrogens with zero attached hydrogens (tertiary/aromatic N) is 3. The second-order valence-corrected chi connectivity index (χ2v) is 8.10. The van der Waals surface area contributed by atoms with Gasteiger partial charge in [-0.1, -0.05) is 18.2 Å². The summed E-state index contributed by atoms with van der Waals surface area (Å²) in [6.07, 6.45) is 3.67. The van der Waals surface area contributed by atoms with Crippen molar-refractivity contribution < 1.29 is 0 Å². The monoisotopic (exact) mass is 365 g/mol. The van der Waals surface area contributed by atoms with Crippen molar-refractivity contribution in [1.29, 1.82) is 0 Å². The zero-order valence-corrected chi connectivity index (χ0v) is 15.5. The van der Waals surface area contributed by atoms with E-state index in [1.54, 1.807) is 11.3 Å². The Bertz CT molecular complexity index is 880. The molecule has 1 aromatic carbocycles. The molecular formula is C20H23N5S. The third-order valence-corrected chi connectivity index (χ3v) is 6.47. The zero-order chi connectivity index (χ0) is 17.3. The summed E-state index contributed by atoms with van der Waals surface area (Å²) in [5.74, 6) is 2.69. The Kier molecular flexibility index (Phi) is 4.32. The van der Waals surface area contributed by atoms with E-state index in [0.717, 1.165) is 53.0 Å². The molecule has 0 saturated carbocycles. The molecule has 1 unspecified atom stereocenters. The standard InChI is InChI=1S/C20H23N5S/c1-2-5-17-15(4-1)20(23-19(22-17)18-6-3-13-26-18)25-11-8-14(9-12-25)16-7-10-21-24-16/h1-6,13-14,16,21,24H,7-12H2. The lowest BCUT2D eigenvalue weighted by molar-refractivity contribution is 0.310. The molecule has 2 aliphatic rings. The molecule has 0 spiro atoms. The van der Waals surface area contributed by atoms with Crippen molar-refractivity contribution in [3.8, 4) is 10.7 Å². The summed E-state index contributed by atoms with van der Waals surface area (Å²) in [6.45, 7) is 3.22. The predicted octanol–water partition coefficient (Wildman–Crippen LogP) is 3.44. The third-order valence-electron chi connectivity index (χ3n) is 5.60. The minimum Gasteiger partial charge on any atom is -0.356 e. The van der Waals surface area contributed by atoms with Gasteiger partial charge in [0.05, 0.1) is 10.4 Å². The fourth-order valence-corrected chi connectivity index (χ4v) is 4.84. The van der Waals surface area contributed by atoms with Crippen molar-refractivity contribution in [2.45, 2.75) is 25.3 Å². The average Bonchev–Trinajstić information content (AvgIpc) is 3.41. The molecule has 2 fully saturated rings. The highest BCUT2D eigenvalue weighted by atomic mass is 32.1. The first-order valence-electron chi connectivity index (χ1n) is 9.42. The molecular weight excluding hydrogens is 342 g/mol. The Morgan fingerprint density at radius 1 is 1.00 bits per heavy atom. The van der Waals surface area contributed by atoms with Crippen LogP contribution in [0.25, 0.3) is 21.6 Å². The fraction of sp³-hybridized carbons (Fsp3) is 0.400. The summed E-state index contributed by atoms with van der Waals surface area (Å²) in [6, 6.07) is 13.2. The van der Waals surface area contributed by atoms with E-state index in [1.165, 1.54) is 19.3 Å². The summed E-state index contributed by atoms with van der Waals surface area (Å²) in [7, 11) is 0. The van der Waals surface area contributed by atoms with Crippen molar-refractivity contribution in [2.24, 2.45) is 5.92 Å². The van der Waals surface area contributed by atoms with Crippen molar-refractivity contribution in [3.63, 3.8) is 0 Å². The van der Waals surface area contributed by atoms with Crippen LogP contribution in [-0.2, 0) is 0 Å². The number of aromatic nitrogens is 2. The van der Waals surface area contributed by atoms with E-state index < -0.39 is 0 Å². The van der Waals surface area contributed by atoms with Crippen LogP contribution in [0.15, 0.2) is 41.8 Å². The maximum absolute atomic E-state index is 4.99. The first kappa shape index (κ1) is 16.2. The van der Waals surface area contributed by atoms with E-state index in [4.69, 9.17) is 9.97 Å². The Balaban J connectivity index is 1.46. The first-order valence-corrected chi connectivity index (χ1v) is 10.3. The quantitative estimate of drug-likeness (QED) is 0.745. The SMILES string of the molecule is c1csc(-c2nc(N3CCC(C4CCNN4)CC3)c3ccccc3n2)c1. The van der Waals surface area contributed by atoms with Crippen LogP contribution in [0.2, 0.25) is 0 Å². The van der Waals surface area contributed by atoms with Gasteiger partial charge in [0, 0.05) is 31.1 Å². The number of piperidine rings is 1. The largest absolute Gasteiger partial charge is 0.356 e. The Labute approximate surface area is 157 Å². The van der Waals surface area contributed by atoms with Crippen molar-refractivity contribution in [1.82, 2.24) is 20.8 Å². The normalized spacial score (nSPS) is 21.5. The molecule has 2 aliphatic heterocycles. The van der Waals surface area contributed by atoms with Gasteiger partial charge in [-0.2, -0.15) is 0 Å². The van der Waals surface area contributed by atoms with Gasteiger partial charge in [-0.3, -0.25) is 10.9 Å². The number of nitrogens with one attached hydrogen (secondary N) is 2. The molecule has 6 heteroatoms. The summed E-state index contributed by atoms with van der Waals surface area (Å²) in [5.41, 5.74) is 7.75. The van der Waals surface area contributed by atoms with E-state index in [9.17, 15) is 0 Å². The smallest absolute Gasteiger partial charge is 0.172 e. The van der Waals surface area contributed by atoms with Gasteiger partial charge in [0.2, 0.25) is 0 Å². The van der Waals surface area contributed by atoms with Crippen LogP contribution in [-0.4, -0.2) is 35.6 Å². The Morgan fingerprint density at radius 3 is 2.65 bits per heavy atom. The maximum atomic E-state index is 4.99. The summed E-state index contributed by atoms with van der Waals surface area (Å²) >= 11 is 1.70. The number of hydrazine groups is 1. The zero-order valence-electron chi connectivity index (χ0n) is 14.7. The fourth-order valence-electron chi connectivity index (χ4n) is 4.19. The highest BCUT2D eigenvalue weighted by Gasteiger charge is 2.29. The van der Waals surface area contributed by atoms with Crippen molar-refractivity contribution >= 4 is 28.1 Å². The molecule has 5 nitrogen and oxygen atoms in total. The number of hydrogen-bond acceptors (Lipinski definition) is 6. The molecule has 134 valence electrons. The number of thiophene rings is 1. The second kappa shape index (κ2) is 6.95. The van der Waals surface area contributed by atoms with E-state index in [0.29, 0.717) is 6.04 Å². The van der Waals surface area contributed by atoms with Gasteiger partial charge in [-0.25, -0.2) is 9.97 Å². The van der Waals surface area contributed by atoms with Crippen LogP contribution < -0.4 is 15.8 Å². The van der Waals surface area contributed by atoms with Gasteiger partial charge in [0.25, 0.3) is 0 Å². The number of benzene rings is 1. The number of fused-ring (bicyclic) bond motifs is 1. The lowest BCUT2D eigenvalue weighted by atomic mass is 9.88. The van der Waals surface area contributed by atoms with E-state index >= 15 is 0 Å². The molecule has 2 saturated heterocycles. The van der Waals surface area contributed by atoms with Crippen LogP contribution in [0, 0.1) is 5.92 Å². The number of rotatable bonds is 3. The highest BCUT2D eigenvalue weighted by Crippen LogP contribution is 2.32. The minimum atomic E-state index is 0.626. The molecule has 0 aliphatic carbocycles. The van der Waals surface area contributed by atoms with E-state index in [1.807, 2.05) is 0 Å². The van der Waals surface area contributed by atoms with E-state index in [2.05, 4.69) is 57.5 Å². The molecule has 1 atom stereocenters. The summed E-state index contributed by atoms with van der Waals surface area (Å²) in [4.78, 5) is 13.4. The minimum absolute atomic E-state index is 0.626. The summed E-state index contributed by atoms with van der Waals surface area (Å²) in [5, 5.41) is 3.24. The molecule has 2 aromatic heterocycles. The van der Waals surface area contributed by atoms with Crippen LogP contribution >= 0.6 is 11.3 Å². The maximum Gasteiger partial charge on any atom is 0.172 e. The third kappa shape index (κ3) is 2.98. The Morgan fingerprint density at radius 2 is 1.88 bits per heavy atom. The molecule has 0 bridgehead atoms. The van der Waals surface area contributed by atoms with Gasteiger partial charge in [0.1, 0.15) is 5.82 Å². The molecule has 3 aromatic rings. The van der Waals surface area contributed by atoms with Gasteiger partial charge in [-0.05, 0) is 48.8 Å². The topological polar surface area (TPSA) is 53.1 Å². The van der Waals surface area contributed by atoms with Gasteiger partial charge >= 0.3 is 0 Å². The average molecular weight is 366 g/mol. The van der Waals surface area contributed by atoms with Gasteiger partial charge in [-0.15, -0.1) is 11.3 Å². The van der Waals surface area contributed by atoms with Crippen LogP contribution in [0.5, 0.6) is 0 Å². The number of anilines is 1. The number of hydrogen-bond donors (Lipinski definition) is 2. The molecule has 2 N–H and O–H groups in total.